The zero-order chi connectivity index (χ0) is 25.9. The van der Waals surface area contributed by atoms with Crippen molar-refractivity contribution >= 4 is 28.4 Å². The molecule has 37 heavy (non-hydrogen) atoms. The number of hydrogen-bond acceptors (Lipinski definition) is 5. The molecule has 5 rings (SSSR count). The molecule has 0 aliphatic heterocycles. The predicted octanol–water partition coefficient (Wildman–Crippen LogP) is 4.00. The number of fused-ring (bicyclic) bond motifs is 1. The maximum Gasteiger partial charge on any atom is 0.330 e. The third kappa shape index (κ3) is 4.95. The zero-order valence-electron chi connectivity index (χ0n) is 20.3. The minimum Gasteiger partial charge on any atom is -0.464 e. The minimum absolute atomic E-state index is 0.0143. The number of hydrogen-bond donors (Lipinski definition) is 2. The fraction of sp³-hybridized carbons (Fsp3) is 0.138. The van der Waals surface area contributed by atoms with E-state index in [4.69, 9.17) is 10.2 Å². The number of aromatic nitrogens is 2. The first kappa shape index (κ1) is 23.9. The topological polar surface area (TPSA) is 114 Å². The predicted molar refractivity (Wildman–Crippen MR) is 144 cm³/mol. The van der Waals surface area contributed by atoms with Crippen LogP contribution in [0.1, 0.15) is 22.3 Å². The van der Waals surface area contributed by atoms with E-state index in [0.29, 0.717) is 11.1 Å². The first-order valence-electron chi connectivity index (χ1n) is 11.9. The van der Waals surface area contributed by atoms with Gasteiger partial charge >= 0.3 is 5.69 Å². The van der Waals surface area contributed by atoms with Crippen LogP contribution in [0.5, 0.6) is 0 Å². The van der Waals surface area contributed by atoms with Crippen molar-refractivity contribution in [3.63, 3.8) is 0 Å². The van der Waals surface area contributed by atoms with Gasteiger partial charge in [-0.25, -0.2) is 4.79 Å². The van der Waals surface area contributed by atoms with Gasteiger partial charge in [0.2, 0.25) is 5.91 Å². The maximum absolute atomic E-state index is 13.8. The number of furan rings is 1. The molecule has 5 aromatic rings. The van der Waals surface area contributed by atoms with E-state index in [9.17, 15) is 14.4 Å². The van der Waals surface area contributed by atoms with Crippen molar-refractivity contribution in [2.24, 2.45) is 0 Å². The van der Waals surface area contributed by atoms with E-state index < -0.39 is 11.2 Å². The molecule has 0 bridgehead atoms. The van der Waals surface area contributed by atoms with Crippen LogP contribution >= 0.6 is 0 Å². The van der Waals surface area contributed by atoms with Gasteiger partial charge < -0.3 is 10.2 Å². The first-order valence-corrected chi connectivity index (χ1v) is 11.9. The number of aryl methyl sites for hydroxylation is 1. The average molecular weight is 495 g/mol. The molecule has 1 amide bonds. The third-order valence-electron chi connectivity index (χ3n) is 6.30. The highest BCUT2D eigenvalue weighted by molar-refractivity contribution is 5.98. The number of anilines is 2. The summed E-state index contributed by atoms with van der Waals surface area (Å²) in [6.07, 6.45) is 1.55. The highest BCUT2D eigenvalue weighted by atomic mass is 16.3. The highest BCUT2D eigenvalue weighted by Crippen LogP contribution is 2.26. The molecule has 0 aliphatic carbocycles. The molecule has 0 spiro atoms. The molecular formula is C29H26N4O4. The standard InChI is InChI=1S/C29H26N4O4/c1-19-12-13-23-22(18-37-24(23)14-19)15-25(34)32(16-20-8-4-2-5-9-20)26-27(30)33(29(36)31-28(26)35)17-21-10-6-3-7-11-21/h2-14,18H,15-17,30H2,1H3,(H,31,35,36). The lowest BCUT2D eigenvalue weighted by Crippen LogP contribution is -2.41. The summed E-state index contributed by atoms with van der Waals surface area (Å²) in [5, 5.41) is 0.828. The lowest BCUT2D eigenvalue weighted by atomic mass is 10.1. The molecule has 0 saturated carbocycles. The van der Waals surface area contributed by atoms with E-state index in [1.165, 1.54) is 9.47 Å². The largest absolute Gasteiger partial charge is 0.464 e. The highest BCUT2D eigenvalue weighted by Gasteiger charge is 2.26. The van der Waals surface area contributed by atoms with Crippen LogP contribution in [0.4, 0.5) is 11.5 Å². The van der Waals surface area contributed by atoms with E-state index in [1.807, 2.05) is 85.8 Å². The van der Waals surface area contributed by atoms with Crippen molar-refractivity contribution in [3.05, 3.63) is 128 Å². The molecule has 2 aromatic heterocycles. The van der Waals surface area contributed by atoms with Gasteiger partial charge in [-0.15, -0.1) is 0 Å². The van der Waals surface area contributed by atoms with Gasteiger partial charge in [0.1, 0.15) is 11.4 Å². The van der Waals surface area contributed by atoms with Crippen molar-refractivity contribution in [1.82, 2.24) is 9.55 Å². The summed E-state index contributed by atoms with van der Waals surface area (Å²) in [4.78, 5) is 43.3. The Kier molecular flexibility index (Phi) is 6.47. The van der Waals surface area contributed by atoms with Gasteiger partial charge in [-0.05, 0) is 29.7 Å². The summed E-state index contributed by atoms with van der Waals surface area (Å²) in [5.41, 5.74) is 9.09. The molecule has 186 valence electrons. The number of nitrogens with two attached hydrogens (primary N) is 1. The van der Waals surface area contributed by atoms with Gasteiger partial charge in [0.25, 0.3) is 5.56 Å². The number of H-pyrrole nitrogens is 1. The number of nitrogen functional groups attached to an aromatic ring is 1. The number of nitrogens with one attached hydrogen (secondary N) is 1. The summed E-state index contributed by atoms with van der Waals surface area (Å²) in [7, 11) is 0. The fourth-order valence-electron chi connectivity index (χ4n) is 4.40. The van der Waals surface area contributed by atoms with Crippen LogP contribution in [0, 0.1) is 6.92 Å². The number of carbonyl (C=O) groups is 1. The Balaban J connectivity index is 1.58. The molecule has 0 saturated heterocycles. The van der Waals surface area contributed by atoms with Crippen molar-refractivity contribution in [3.8, 4) is 0 Å². The lowest BCUT2D eigenvalue weighted by Gasteiger charge is -2.25. The van der Waals surface area contributed by atoms with Gasteiger partial charge in [-0.1, -0.05) is 72.8 Å². The molecular weight excluding hydrogens is 468 g/mol. The van der Waals surface area contributed by atoms with E-state index in [-0.39, 0.29) is 36.9 Å². The molecule has 0 atom stereocenters. The van der Waals surface area contributed by atoms with Crippen LogP contribution in [-0.2, 0) is 24.3 Å². The third-order valence-corrected chi connectivity index (χ3v) is 6.30. The number of amides is 1. The van der Waals surface area contributed by atoms with Crippen LogP contribution in [0.25, 0.3) is 11.0 Å². The number of aromatic amines is 1. The summed E-state index contributed by atoms with van der Waals surface area (Å²) in [6.45, 7) is 2.22. The maximum atomic E-state index is 13.8. The van der Waals surface area contributed by atoms with Crippen LogP contribution in [0.3, 0.4) is 0 Å². The Morgan fingerprint density at radius 3 is 2.35 bits per heavy atom. The minimum atomic E-state index is -0.719. The summed E-state index contributed by atoms with van der Waals surface area (Å²) in [5.74, 6) is -0.427. The summed E-state index contributed by atoms with van der Waals surface area (Å²) in [6, 6.07) is 24.4. The normalized spacial score (nSPS) is 11.1. The van der Waals surface area contributed by atoms with Crippen LogP contribution < -0.4 is 21.9 Å². The van der Waals surface area contributed by atoms with Crippen LogP contribution in [-0.4, -0.2) is 15.5 Å². The van der Waals surface area contributed by atoms with Crippen molar-refractivity contribution in [2.45, 2.75) is 26.4 Å². The fourth-order valence-corrected chi connectivity index (χ4v) is 4.40. The van der Waals surface area contributed by atoms with Gasteiger partial charge in [0.15, 0.2) is 5.69 Å². The number of rotatable bonds is 7. The first-order chi connectivity index (χ1) is 17.9. The quantitative estimate of drug-likeness (QED) is 0.355. The number of nitrogens with zero attached hydrogens (tertiary/aromatic N) is 2. The van der Waals surface area contributed by atoms with Gasteiger partial charge in [0.05, 0.1) is 25.8 Å². The van der Waals surface area contributed by atoms with E-state index in [1.54, 1.807) is 6.26 Å². The monoisotopic (exact) mass is 494 g/mol. The number of carbonyl (C=O) groups excluding carboxylic acids is 1. The Morgan fingerprint density at radius 1 is 0.973 bits per heavy atom. The van der Waals surface area contributed by atoms with E-state index in [2.05, 4.69) is 4.98 Å². The molecule has 3 N–H and O–H groups in total. The second-order valence-electron chi connectivity index (χ2n) is 8.97. The van der Waals surface area contributed by atoms with E-state index >= 15 is 0 Å². The summed E-state index contributed by atoms with van der Waals surface area (Å²) < 4.78 is 6.95. The van der Waals surface area contributed by atoms with Crippen LogP contribution in [0.15, 0.2) is 99.1 Å². The second kappa shape index (κ2) is 10.0. The molecule has 8 nitrogen and oxygen atoms in total. The van der Waals surface area contributed by atoms with Gasteiger partial charge in [-0.3, -0.25) is 24.0 Å². The van der Waals surface area contributed by atoms with Crippen molar-refractivity contribution in [2.75, 3.05) is 10.6 Å². The van der Waals surface area contributed by atoms with Gasteiger partial charge in [-0.2, -0.15) is 0 Å². The molecule has 0 unspecified atom stereocenters. The average Bonchev–Trinajstić information content (AvgIpc) is 3.28. The molecule has 0 radical (unpaired) electrons. The second-order valence-corrected chi connectivity index (χ2v) is 8.97. The summed E-state index contributed by atoms with van der Waals surface area (Å²) >= 11 is 0. The number of benzene rings is 3. The van der Waals surface area contributed by atoms with Crippen molar-refractivity contribution in [1.29, 1.82) is 0 Å². The van der Waals surface area contributed by atoms with Crippen LogP contribution in [0.2, 0.25) is 0 Å². The molecule has 3 aromatic carbocycles. The molecule has 8 heteroatoms. The Bertz CT molecular complexity index is 1680. The smallest absolute Gasteiger partial charge is 0.330 e. The van der Waals surface area contributed by atoms with E-state index in [0.717, 1.165) is 22.1 Å². The van der Waals surface area contributed by atoms with Crippen molar-refractivity contribution < 1.29 is 9.21 Å². The molecule has 0 fully saturated rings. The zero-order valence-corrected chi connectivity index (χ0v) is 20.3. The Labute approximate surface area is 212 Å². The SMILES string of the molecule is Cc1ccc2c(CC(=O)N(Cc3ccccc3)c3c(N)n(Cc4ccccc4)c(=O)[nH]c3=O)coc2c1. The molecule has 0 aliphatic rings. The van der Waals surface area contributed by atoms with Gasteiger partial charge in [0, 0.05) is 10.9 Å². The molecule has 2 heterocycles. The lowest BCUT2D eigenvalue weighted by molar-refractivity contribution is -0.118. The Hall–Kier alpha value is -4.85. The Morgan fingerprint density at radius 2 is 1.65 bits per heavy atom.